The fourth-order valence-electron chi connectivity index (χ4n) is 5.21. The van der Waals surface area contributed by atoms with E-state index in [4.69, 9.17) is 0 Å². The molecular weight excluding hydrogens is 468 g/mol. The van der Waals surface area contributed by atoms with Crippen molar-refractivity contribution in [3.8, 4) is 0 Å². The number of piperazine rings is 1. The highest BCUT2D eigenvalue weighted by molar-refractivity contribution is 7.10. The third-order valence-corrected chi connectivity index (χ3v) is 8.45. The molecule has 0 spiro atoms. The molecule has 1 atom stereocenters. The number of rotatable bonds is 7. The summed E-state index contributed by atoms with van der Waals surface area (Å²) in [6, 6.07) is 17.8. The van der Waals surface area contributed by atoms with E-state index in [9.17, 15) is 9.59 Å². The molecule has 0 radical (unpaired) electrons. The van der Waals surface area contributed by atoms with Gasteiger partial charge in [0.2, 0.25) is 0 Å². The van der Waals surface area contributed by atoms with Gasteiger partial charge in [0.1, 0.15) is 5.84 Å². The molecule has 2 fully saturated rings. The minimum Gasteiger partial charge on any atom is -0.369 e. The van der Waals surface area contributed by atoms with E-state index in [-0.39, 0.29) is 11.7 Å². The van der Waals surface area contributed by atoms with Crippen LogP contribution in [-0.4, -0.2) is 43.7 Å². The maximum atomic E-state index is 13.3. The summed E-state index contributed by atoms with van der Waals surface area (Å²) in [7, 11) is 0. The minimum absolute atomic E-state index is 0.157. The first-order valence-electron chi connectivity index (χ1n) is 12.8. The maximum absolute atomic E-state index is 13.3. The van der Waals surface area contributed by atoms with Crippen LogP contribution in [0.4, 0.5) is 5.69 Å². The van der Waals surface area contributed by atoms with E-state index in [0.717, 1.165) is 43.0 Å². The molecular formula is C29H30N4O2S. The number of aliphatic imine (C=N–C) groups is 1. The Morgan fingerprint density at radius 1 is 1.06 bits per heavy atom. The molecule has 2 aromatic carbocycles. The van der Waals surface area contributed by atoms with E-state index in [1.54, 1.807) is 11.3 Å². The van der Waals surface area contributed by atoms with Crippen LogP contribution in [0.1, 0.15) is 61.9 Å². The normalized spacial score (nSPS) is 17.9. The molecule has 3 aliphatic rings. The third-order valence-electron chi connectivity index (χ3n) is 7.44. The lowest BCUT2D eigenvalue weighted by Crippen LogP contribution is -2.43. The first kappa shape index (κ1) is 23.1. The summed E-state index contributed by atoms with van der Waals surface area (Å²) >= 11 is 1.75. The standard InChI is InChI=1S/C29H30N4O2S/c34-26(17-24(19-3-4-19)27-2-1-15-36-27)21-5-6-22-18-31-28(25(22)16-21)32-29(35)20-7-9-23(10-8-20)33-13-11-30-12-14-33/h1-2,5-10,15-16,19,24,30H,3-4,11-14,17-18H2,(H,31,32,35). The molecule has 6 nitrogen and oxygen atoms in total. The molecule has 1 saturated carbocycles. The SMILES string of the molecule is O=C(CC(c1cccs1)C1CC1)c1ccc2c(c1)C(NC(=O)c1ccc(N3CCNCC3)cc1)=NC2. The Bertz CT molecular complexity index is 1290. The number of amidine groups is 1. The number of carbonyl (C=O) groups is 2. The number of fused-ring (bicyclic) bond motifs is 1. The number of hydrogen-bond acceptors (Lipinski definition) is 6. The van der Waals surface area contributed by atoms with Gasteiger partial charge < -0.3 is 15.5 Å². The fraction of sp³-hybridized carbons (Fsp3) is 0.345. The van der Waals surface area contributed by atoms with E-state index in [2.05, 4.69) is 38.0 Å². The molecule has 1 saturated heterocycles. The van der Waals surface area contributed by atoms with Crippen LogP contribution in [0.2, 0.25) is 0 Å². The highest BCUT2D eigenvalue weighted by Gasteiger charge is 2.34. The number of Topliss-reactive ketones (excluding diaryl/α,β-unsaturated/α-hetero) is 1. The zero-order chi connectivity index (χ0) is 24.5. The van der Waals surface area contributed by atoms with Crippen molar-refractivity contribution >= 4 is 34.6 Å². The Hall–Kier alpha value is -3.29. The third kappa shape index (κ3) is 4.86. The second kappa shape index (κ2) is 9.99. The molecule has 3 heterocycles. The van der Waals surface area contributed by atoms with Crippen molar-refractivity contribution in [1.82, 2.24) is 10.6 Å². The summed E-state index contributed by atoms with van der Waals surface area (Å²) in [5.74, 6) is 1.45. The van der Waals surface area contributed by atoms with Crippen LogP contribution in [0.3, 0.4) is 0 Å². The van der Waals surface area contributed by atoms with Gasteiger partial charge in [-0.25, -0.2) is 0 Å². The van der Waals surface area contributed by atoms with Crippen LogP contribution < -0.4 is 15.5 Å². The highest BCUT2D eigenvalue weighted by atomic mass is 32.1. The molecule has 7 heteroatoms. The quantitative estimate of drug-likeness (QED) is 0.467. The fourth-order valence-corrected chi connectivity index (χ4v) is 6.13. The summed E-state index contributed by atoms with van der Waals surface area (Å²) in [6.07, 6.45) is 2.94. The zero-order valence-corrected chi connectivity index (χ0v) is 21.0. The van der Waals surface area contributed by atoms with Crippen LogP contribution in [0.15, 0.2) is 65.0 Å². The number of anilines is 1. The lowest BCUT2D eigenvalue weighted by molar-refractivity contribution is 0.0966. The number of benzene rings is 2. The highest BCUT2D eigenvalue weighted by Crippen LogP contribution is 2.46. The maximum Gasteiger partial charge on any atom is 0.256 e. The Morgan fingerprint density at radius 2 is 1.83 bits per heavy atom. The van der Waals surface area contributed by atoms with E-state index in [1.165, 1.54) is 17.7 Å². The number of carbonyl (C=O) groups excluding carboxylic acids is 2. The topological polar surface area (TPSA) is 73.8 Å². The molecule has 1 aromatic heterocycles. The number of ketones is 1. The molecule has 6 rings (SSSR count). The molecule has 2 aliphatic heterocycles. The van der Waals surface area contributed by atoms with Crippen LogP contribution in [0.5, 0.6) is 0 Å². The minimum atomic E-state index is -0.184. The molecule has 1 unspecified atom stereocenters. The molecule has 0 bridgehead atoms. The van der Waals surface area contributed by atoms with Crippen LogP contribution in [0.25, 0.3) is 0 Å². The van der Waals surface area contributed by atoms with Gasteiger partial charge in [0.05, 0.1) is 6.54 Å². The molecule has 2 N–H and O–H groups in total. The van der Waals surface area contributed by atoms with Crippen molar-refractivity contribution in [2.75, 3.05) is 31.1 Å². The first-order valence-corrected chi connectivity index (χ1v) is 13.6. The van der Waals surface area contributed by atoms with Gasteiger partial charge in [-0.15, -0.1) is 11.3 Å². The van der Waals surface area contributed by atoms with Gasteiger partial charge in [0.15, 0.2) is 5.78 Å². The van der Waals surface area contributed by atoms with Gasteiger partial charge in [-0.3, -0.25) is 14.6 Å². The lowest BCUT2D eigenvalue weighted by atomic mass is 9.91. The molecule has 3 aromatic rings. The summed E-state index contributed by atoms with van der Waals surface area (Å²) in [5, 5.41) is 8.43. The van der Waals surface area contributed by atoms with Crippen LogP contribution in [0, 0.1) is 5.92 Å². The monoisotopic (exact) mass is 498 g/mol. The van der Waals surface area contributed by atoms with Crippen LogP contribution >= 0.6 is 11.3 Å². The second-order valence-electron chi connectivity index (χ2n) is 9.86. The number of thiophene rings is 1. The van der Waals surface area contributed by atoms with Gasteiger partial charge >= 0.3 is 0 Å². The smallest absolute Gasteiger partial charge is 0.256 e. The Kier molecular flexibility index (Phi) is 6.42. The predicted octanol–water partition coefficient (Wildman–Crippen LogP) is 4.61. The summed E-state index contributed by atoms with van der Waals surface area (Å²) in [4.78, 5) is 34.4. The van der Waals surface area contributed by atoms with Crippen molar-refractivity contribution < 1.29 is 9.59 Å². The van der Waals surface area contributed by atoms with Crippen molar-refractivity contribution in [3.05, 3.63) is 87.1 Å². The lowest BCUT2D eigenvalue weighted by Gasteiger charge is -2.29. The van der Waals surface area contributed by atoms with Crippen molar-refractivity contribution in [3.63, 3.8) is 0 Å². The number of nitrogens with zero attached hydrogens (tertiary/aromatic N) is 2. The van der Waals surface area contributed by atoms with Crippen molar-refractivity contribution in [2.24, 2.45) is 10.9 Å². The van der Waals surface area contributed by atoms with Gasteiger partial charge in [-0.2, -0.15) is 0 Å². The molecule has 1 amide bonds. The predicted molar refractivity (Wildman–Crippen MR) is 144 cm³/mol. The second-order valence-corrected chi connectivity index (χ2v) is 10.8. The summed E-state index contributed by atoms with van der Waals surface area (Å²) in [5.41, 5.74) is 4.31. The Labute approximate surface area is 215 Å². The van der Waals surface area contributed by atoms with Gasteiger partial charge in [-0.1, -0.05) is 18.2 Å². The first-order chi connectivity index (χ1) is 17.7. The van der Waals surface area contributed by atoms with E-state index >= 15 is 0 Å². The average Bonchev–Trinajstić information content (AvgIpc) is 3.46. The van der Waals surface area contributed by atoms with E-state index in [1.807, 2.05) is 42.5 Å². The van der Waals surface area contributed by atoms with E-state index < -0.39 is 0 Å². The summed E-state index contributed by atoms with van der Waals surface area (Å²) < 4.78 is 0. The number of amides is 1. The summed E-state index contributed by atoms with van der Waals surface area (Å²) in [6.45, 7) is 4.40. The average molecular weight is 499 g/mol. The Balaban J connectivity index is 1.14. The number of nitrogens with one attached hydrogen (secondary N) is 2. The van der Waals surface area contributed by atoms with Crippen molar-refractivity contribution in [1.29, 1.82) is 0 Å². The zero-order valence-electron chi connectivity index (χ0n) is 20.2. The number of hydrogen-bond donors (Lipinski definition) is 2. The molecule has 184 valence electrons. The molecule has 36 heavy (non-hydrogen) atoms. The Morgan fingerprint density at radius 3 is 2.56 bits per heavy atom. The van der Waals surface area contributed by atoms with Crippen LogP contribution in [-0.2, 0) is 6.54 Å². The van der Waals surface area contributed by atoms with Gasteiger partial charge in [0.25, 0.3) is 5.91 Å². The molecule has 1 aliphatic carbocycles. The van der Waals surface area contributed by atoms with E-state index in [0.29, 0.717) is 41.8 Å². The van der Waals surface area contributed by atoms with Gasteiger partial charge in [-0.05, 0) is 66.1 Å². The van der Waals surface area contributed by atoms with Crippen molar-refractivity contribution in [2.45, 2.75) is 31.7 Å². The largest absolute Gasteiger partial charge is 0.369 e. The van der Waals surface area contributed by atoms with Gasteiger partial charge in [0, 0.05) is 65.8 Å².